The molecule has 0 bridgehead atoms. The zero-order valence-electron chi connectivity index (χ0n) is 17.0. The molecule has 4 rings (SSSR count). The minimum Gasteiger partial charge on any atom is -0.355 e. The van der Waals surface area contributed by atoms with Crippen LogP contribution in [0, 0.1) is 12.7 Å². The average molecular weight is 406 g/mol. The van der Waals surface area contributed by atoms with Gasteiger partial charge in [0.15, 0.2) is 5.69 Å². The van der Waals surface area contributed by atoms with Crippen molar-refractivity contribution in [1.82, 2.24) is 15.1 Å². The van der Waals surface area contributed by atoms with Gasteiger partial charge in [0, 0.05) is 29.6 Å². The number of aryl methyl sites for hydroxylation is 1. The quantitative estimate of drug-likeness (QED) is 0.692. The number of benzene rings is 2. The number of amides is 2. The highest BCUT2D eigenvalue weighted by Gasteiger charge is 2.26. The second-order valence-electron chi connectivity index (χ2n) is 7.43. The van der Waals surface area contributed by atoms with E-state index in [1.807, 2.05) is 6.92 Å². The molecular weight excluding hydrogens is 383 g/mol. The van der Waals surface area contributed by atoms with E-state index in [0.717, 1.165) is 48.2 Å². The minimum atomic E-state index is -0.312. The number of carbonyl (C=O) groups excluding carboxylic acids is 2. The van der Waals surface area contributed by atoms with Gasteiger partial charge in [-0.2, -0.15) is 5.10 Å². The fourth-order valence-electron chi connectivity index (χ4n) is 3.85. The Morgan fingerprint density at radius 1 is 1.03 bits per heavy atom. The second-order valence-corrected chi connectivity index (χ2v) is 7.43. The summed E-state index contributed by atoms with van der Waals surface area (Å²) < 4.78 is 15.1. The summed E-state index contributed by atoms with van der Waals surface area (Å²) in [5.74, 6) is -0.777. The molecule has 3 aromatic rings. The Hall–Kier alpha value is -3.48. The van der Waals surface area contributed by atoms with Crippen LogP contribution in [-0.2, 0) is 12.8 Å². The lowest BCUT2D eigenvalue weighted by molar-refractivity contribution is 0.0962. The Bertz CT molecular complexity index is 1120. The van der Waals surface area contributed by atoms with Crippen molar-refractivity contribution in [2.75, 3.05) is 12.4 Å². The van der Waals surface area contributed by atoms with Gasteiger partial charge in [-0.05, 0) is 80.6 Å². The van der Waals surface area contributed by atoms with Crippen molar-refractivity contribution in [1.29, 1.82) is 0 Å². The van der Waals surface area contributed by atoms with E-state index in [0.29, 0.717) is 16.9 Å². The van der Waals surface area contributed by atoms with Crippen LogP contribution >= 0.6 is 0 Å². The molecule has 0 saturated carbocycles. The smallest absolute Gasteiger partial charge is 0.276 e. The third-order valence-electron chi connectivity index (χ3n) is 5.43. The minimum absolute atomic E-state index is 0.178. The number of halogens is 1. The Kier molecular flexibility index (Phi) is 5.35. The van der Waals surface area contributed by atoms with Gasteiger partial charge in [0.1, 0.15) is 5.82 Å². The Balaban J connectivity index is 1.66. The van der Waals surface area contributed by atoms with E-state index in [1.165, 1.54) is 12.1 Å². The van der Waals surface area contributed by atoms with E-state index in [1.54, 1.807) is 42.1 Å². The molecule has 0 saturated heterocycles. The monoisotopic (exact) mass is 406 g/mol. The van der Waals surface area contributed by atoms with Gasteiger partial charge >= 0.3 is 0 Å². The molecule has 0 unspecified atom stereocenters. The van der Waals surface area contributed by atoms with Gasteiger partial charge in [-0.3, -0.25) is 9.59 Å². The van der Waals surface area contributed by atoms with E-state index >= 15 is 0 Å². The highest BCUT2D eigenvalue weighted by atomic mass is 19.1. The van der Waals surface area contributed by atoms with Crippen LogP contribution in [0.1, 0.15) is 50.5 Å². The Labute approximate surface area is 174 Å². The number of anilines is 1. The first-order chi connectivity index (χ1) is 14.5. The lowest BCUT2D eigenvalue weighted by Crippen LogP contribution is -2.19. The number of hydrogen-bond donors (Lipinski definition) is 2. The molecule has 2 amide bonds. The van der Waals surface area contributed by atoms with Crippen LogP contribution in [0.2, 0.25) is 0 Å². The molecule has 1 aliphatic carbocycles. The first-order valence-corrected chi connectivity index (χ1v) is 9.98. The highest BCUT2D eigenvalue weighted by molar-refractivity contribution is 6.05. The van der Waals surface area contributed by atoms with Crippen molar-refractivity contribution in [2.24, 2.45) is 0 Å². The zero-order chi connectivity index (χ0) is 21.3. The van der Waals surface area contributed by atoms with Gasteiger partial charge in [0.05, 0.1) is 5.69 Å². The number of carbonyl (C=O) groups is 2. The predicted molar refractivity (Wildman–Crippen MR) is 113 cm³/mol. The maximum Gasteiger partial charge on any atom is 0.276 e. The highest BCUT2D eigenvalue weighted by Crippen LogP contribution is 2.28. The third-order valence-corrected chi connectivity index (χ3v) is 5.43. The van der Waals surface area contributed by atoms with Crippen LogP contribution < -0.4 is 10.6 Å². The average Bonchev–Trinajstić information content (AvgIpc) is 3.15. The summed E-state index contributed by atoms with van der Waals surface area (Å²) in [6.07, 6.45) is 3.64. The molecule has 0 aliphatic heterocycles. The number of aromatic nitrogens is 2. The van der Waals surface area contributed by atoms with Gasteiger partial charge in [-0.15, -0.1) is 0 Å². The van der Waals surface area contributed by atoms with Crippen LogP contribution in [0.5, 0.6) is 0 Å². The number of nitrogens with zero attached hydrogens (tertiary/aromatic N) is 2. The first-order valence-electron chi connectivity index (χ1n) is 9.98. The van der Waals surface area contributed by atoms with Gasteiger partial charge in [-0.25, -0.2) is 9.07 Å². The largest absolute Gasteiger partial charge is 0.355 e. The van der Waals surface area contributed by atoms with E-state index in [-0.39, 0.29) is 17.6 Å². The normalized spacial score (nSPS) is 12.9. The number of fused-ring (bicyclic) bond motifs is 1. The Morgan fingerprint density at radius 3 is 2.47 bits per heavy atom. The topological polar surface area (TPSA) is 76.0 Å². The maximum atomic E-state index is 13.3. The summed E-state index contributed by atoms with van der Waals surface area (Å²) in [5.41, 5.74) is 5.03. The zero-order valence-corrected chi connectivity index (χ0v) is 17.0. The van der Waals surface area contributed by atoms with Gasteiger partial charge in [0.25, 0.3) is 11.8 Å². The number of hydrogen-bond acceptors (Lipinski definition) is 3. The van der Waals surface area contributed by atoms with Gasteiger partial charge in [0.2, 0.25) is 0 Å². The SMILES string of the molecule is CNC(=O)c1ccc(NC(=O)c2nn(-c3ccc(F)cc3)c3c2CCCC3)c(C)c1. The third kappa shape index (κ3) is 3.70. The molecule has 1 aromatic heterocycles. The van der Waals surface area contributed by atoms with Crippen LogP contribution in [0.4, 0.5) is 10.1 Å². The summed E-state index contributed by atoms with van der Waals surface area (Å²) in [6.45, 7) is 1.84. The van der Waals surface area contributed by atoms with E-state index < -0.39 is 0 Å². The molecule has 0 fully saturated rings. The van der Waals surface area contributed by atoms with Crippen molar-refractivity contribution in [2.45, 2.75) is 32.6 Å². The van der Waals surface area contributed by atoms with Crippen LogP contribution in [-0.4, -0.2) is 28.6 Å². The first kappa shape index (κ1) is 19.8. The molecule has 2 aromatic carbocycles. The molecule has 1 aliphatic rings. The van der Waals surface area contributed by atoms with E-state index in [2.05, 4.69) is 15.7 Å². The molecule has 1 heterocycles. The molecule has 30 heavy (non-hydrogen) atoms. The summed E-state index contributed by atoms with van der Waals surface area (Å²) in [4.78, 5) is 24.9. The van der Waals surface area contributed by atoms with Gasteiger partial charge in [-0.1, -0.05) is 0 Å². The predicted octanol–water partition coefficient (Wildman–Crippen LogP) is 3.81. The standard InChI is InChI=1S/C23H23FN4O2/c1-14-13-15(22(29)25-2)7-12-19(14)26-23(30)21-18-5-3-4-6-20(18)28(27-21)17-10-8-16(24)9-11-17/h7-13H,3-6H2,1-2H3,(H,25,29)(H,26,30). The molecule has 0 radical (unpaired) electrons. The number of nitrogens with one attached hydrogen (secondary N) is 2. The molecule has 6 nitrogen and oxygen atoms in total. The molecule has 0 spiro atoms. The number of rotatable bonds is 4. The van der Waals surface area contributed by atoms with Crippen molar-refractivity contribution in [3.63, 3.8) is 0 Å². The van der Waals surface area contributed by atoms with E-state index in [4.69, 9.17) is 0 Å². The fraction of sp³-hybridized carbons (Fsp3) is 0.261. The van der Waals surface area contributed by atoms with Crippen molar-refractivity contribution in [3.05, 3.63) is 76.4 Å². The summed E-state index contributed by atoms with van der Waals surface area (Å²) >= 11 is 0. The fourth-order valence-corrected chi connectivity index (χ4v) is 3.85. The molecule has 7 heteroatoms. The Morgan fingerprint density at radius 2 is 1.77 bits per heavy atom. The summed E-state index contributed by atoms with van der Waals surface area (Å²) in [5, 5.41) is 10.1. The van der Waals surface area contributed by atoms with E-state index in [9.17, 15) is 14.0 Å². The van der Waals surface area contributed by atoms with Crippen molar-refractivity contribution < 1.29 is 14.0 Å². The van der Waals surface area contributed by atoms with Crippen molar-refractivity contribution >= 4 is 17.5 Å². The lowest BCUT2D eigenvalue weighted by atomic mass is 9.95. The van der Waals surface area contributed by atoms with Gasteiger partial charge < -0.3 is 10.6 Å². The van der Waals surface area contributed by atoms with Crippen LogP contribution in [0.25, 0.3) is 5.69 Å². The molecule has 154 valence electrons. The molecular formula is C23H23FN4O2. The summed E-state index contributed by atoms with van der Waals surface area (Å²) in [6, 6.07) is 11.3. The maximum absolute atomic E-state index is 13.3. The molecule has 0 atom stereocenters. The van der Waals surface area contributed by atoms with Crippen molar-refractivity contribution in [3.8, 4) is 5.69 Å². The second kappa shape index (κ2) is 8.10. The molecule has 2 N–H and O–H groups in total. The summed E-state index contributed by atoms with van der Waals surface area (Å²) in [7, 11) is 1.58. The van der Waals surface area contributed by atoms with Crippen LogP contribution in [0.3, 0.4) is 0 Å². The lowest BCUT2D eigenvalue weighted by Gasteiger charge is -2.14. The van der Waals surface area contributed by atoms with Crippen LogP contribution in [0.15, 0.2) is 42.5 Å².